The molecule has 0 radical (unpaired) electrons. The van der Waals surface area contributed by atoms with Crippen molar-refractivity contribution in [2.75, 3.05) is 20.3 Å². The Morgan fingerprint density at radius 2 is 2.21 bits per heavy atom. The van der Waals surface area contributed by atoms with E-state index < -0.39 is 0 Å². The molecule has 0 aromatic heterocycles. The van der Waals surface area contributed by atoms with Gasteiger partial charge in [0.05, 0.1) is 12.7 Å². The maximum atomic E-state index is 11.6. The second kappa shape index (κ2) is 5.90. The molecule has 3 unspecified atom stereocenters. The van der Waals surface area contributed by atoms with Crippen molar-refractivity contribution in [2.24, 2.45) is 17.8 Å². The summed E-state index contributed by atoms with van der Waals surface area (Å²) in [7, 11) is 1.73. The third-order valence-corrected chi connectivity index (χ3v) is 4.94. The Bertz CT molecular complexity index is 324. The van der Waals surface area contributed by atoms with Gasteiger partial charge < -0.3 is 14.2 Å². The highest BCUT2D eigenvalue weighted by Gasteiger charge is 2.49. The summed E-state index contributed by atoms with van der Waals surface area (Å²) in [4.78, 5) is 11.6. The Kier molecular flexibility index (Phi) is 4.20. The predicted molar refractivity (Wildman–Crippen MR) is 69.7 cm³/mol. The van der Waals surface area contributed by atoms with Gasteiger partial charge in [-0.2, -0.15) is 0 Å². The minimum Gasteiger partial charge on any atom is -0.384 e. The molecule has 0 spiro atoms. The molecule has 3 rings (SSSR count). The van der Waals surface area contributed by atoms with E-state index in [1.807, 2.05) is 0 Å². The molecule has 0 aromatic rings. The smallest absolute Gasteiger partial charge is 0.157 e. The number of rotatable bonds is 4. The Balaban J connectivity index is 1.62. The Morgan fingerprint density at radius 1 is 1.32 bits per heavy atom. The third-order valence-electron chi connectivity index (χ3n) is 4.94. The minimum absolute atomic E-state index is 0.0346. The van der Waals surface area contributed by atoms with E-state index in [-0.39, 0.29) is 12.4 Å². The molecular formula is C15H24O4. The van der Waals surface area contributed by atoms with Crippen molar-refractivity contribution in [2.45, 2.75) is 50.9 Å². The molecule has 1 aliphatic heterocycles. The Labute approximate surface area is 114 Å². The normalized spacial score (nSPS) is 42.6. The number of carbonyl (C=O) groups is 1. The zero-order valence-electron chi connectivity index (χ0n) is 11.7. The molecule has 0 bridgehead atoms. The van der Waals surface area contributed by atoms with Crippen molar-refractivity contribution in [3.63, 3.8) is 0 Å². The van der Waals surface area contributed by atoms with E-state index in [2.05, 4.69) is 0 Å². The Morgan fingerprint density at radius 3 is 2.95 bits per heavy atom. The number of ether oxygens (including phenoxy) is 3. The molecule has 2 aliphatic carbocycles. The first kappa shape index (κ1) is 13.5. The maximum absolute atomic E-state index is 11.6. The molecular weight excluding hydrogens is 244 g/mol. The van der Waals surface area contributed by atoms with Gasteiger partial charge in [-0.3, -0.25) is 4.79 Å². The van der Waals surface area contributed by atoms with Crippen LogP contribution in [0.4, 0.5) is 0 Å². The average molecular weight is 268 g/mol. The van der Waals surface area contributed by atoms with Crippen LogP contribution in [-0.2, 0) is 19.0 Å². The lowest BCUT2D eigenvalue weighted by Gasteiger charge is -2.30. The lowest BCUT2D eigenvalue weighted by atomic mass is 9.92. The third kappa shape index (κ3) is 2.86. The van der Waals surface area contributed by atoms with Crippen LogP contribution in [0.25, 0.3) is 0 Å². The molecule has 1 saturated heterocycles. The van der Waals surface area contributed by atoms with Crippen molar-refractivity contribution in [1.29, 1.82) is 0 Å². The molecule has 3 aliphatic rings. The zero-order valence-corrected chi connectivity index (χ0v) is 11.7. The molecule has 0 N–H and O–H groups in total. The second-order valence-electron chi connectivity index (χ2n) is 6.20. The molecule has 108 valence electrons. The van der Waals surface area contributed by atoms with Gasteiger partial charge in [-0.15, -0.1) is 0 Å². The highest BCUT2D eigenvalue weighted by atomic mass is 16.7. The van der Waals surface area contributed by atoms with Crippen LogP contribution >= 0.6 is 0 Å². The van der Waals surface area contributed by atoms with Crippen LogP contribution in [0, 0.1) is 17.8 Å². The quantitative estimate of drug-likeness (QED) is 0.784. The Hall–Kier alpha value is -0.450. The molecule has 0 amide bonds. The van der Waals surface area contributed by atoms with Crippen molar-refractivity contribution in [3.05, 3.63) is 0 Å². The van der Waals surface area contributed by atoms with E-state index in [4.69, 9.17) is 14.2 Å². The fourth-order valence-electron chi connectivity index (χ4n) is 4.06. The number of carbonyl (C=O) groups excluding carboxylic acids is 1. The standard InChI is InChI=1S/C15H24O4/c1-17-9-13-12-8-11(16)6-10(12)7-14(13)19-15-4-2-3-5-18-15/h10,12-15H,2-9H2,1H3/t10-,12-,13?,14?,15?/m1/s1. The van der Waals surface area contributed by atoms with Crippen molar-refractivity contribution < 1.29 is 19.0 Å². The van der Waals surface area contributed by atoms with Crippen LogP contribution in [0.3, 0.4) is 0 Å². The van der Waals surface area contributed by atoms with Crippen LogP contribution in [0.15, 0.2) is 0 Å². The van der Waals surface area contributed by atoms with Gasteiger partial charge in [0.15, 0.2) is 6.29 Å². The van der Waals surface area contributed by atoms with E-state index in [0.717, 1.165) is 38.7 Å². The SMILES string of the molecule is COCC1C(OC2CCCCO2)C[C@H]2CC(=O)C[C@@H]12. The summed E-state index contributed by atoms with van der Waals surface area (Å²) in [6.07, 6.45) is 6.00. The fourth-order valence-corrected chi connectivity index (χ4v) is 4.06. The number of fused-ring (bicyclic) bond motifs is 1. The van der Waals surface area contributed by atoms with Gasteiger partial charge in [-0.25, -0.2) is 0 Å². The number of hydrogen-bond donors (Lipinski definition) is 0. The molecule has 5 atom stereocenters. The van der Waals surface area contributed by atoms with E-state index in [1.165, 1.54) is 6.42 Å². The summed E-state index contributed by atoms with van der Waals surface area (Å²) < 4.78 is 17.2. The second-order valence-corrected chi connectivity index (χ2v) is 6.20. The fraction of sp³-hybridized carbons (Fsp3) is 0.933. The van der Waals surface area contributed by atoms with Crippen LogP contribution in [0.5, 0.6) is 0 Å². The summed E-state index contributed by atoms with van der Waals surface area (Å²) in [6.45, 7) is 1.52. The van der Waals surface area contributed by atoms with E-state index >= 15 is 0 Å². The first-order valence-electron chi connectivity index (χ1n) is 7.55. The molecule has 19 heavy (non-hydrogen) atoms. The zero-order chi connectivity index (χ0) is 13.2. The molecule has 0 aromatic carbocycles. The summed E-state index contributed by atoms with van der Waals surface area (Å²) in [5, 5.41) is 0. The molecule has 1 heterocycles. The van der Waals surface area contributed by atoms with Crippen molar-refractivity contribution in [3.8, 4) is 0 Å². The van der Waals surface area contributed by atoms with E-state index in [9.17, 15) is 4.79 Å². The molecule has 4 heteroatoms. The largest absolute Gasteiger partial charge is 0.384 e. The summed E-state index contributed by atoms with van der Waals surface area (Å²) >= 11 is 0. The number of methoxy groups -OCH3 is 1. The number of Topliss-reactive ketones (excluding diaryl/α,β-unsaturated/α-hetero) is 1. The first-order valence-corrected chi connectivity index (χ1v) is 7.55. The first-order chi connectivity index (χ1) is 9.28. The predicted octanol–water partition coefficient (Wildman–Crippen LogP) is 2.16. The summed E-state index contributed by atoms with van der Waals surface area (Å²) in [5.74, 6) is 1.78. The van der Waals surface area contributed by atoms with Crippen molar-refractivity contribution >= 4 is 5.78 Å². The lowest BCUT2D eigenvalue weighted by molar-refractivity contribution is -0.198. The van der Waals surface area contributed by atoms with Gasteiger partial charge >= 0.3 is 0 Å². The van der Waals surface area contributed by atoms with Crippen LogP contribution in [0.1, 0.15) is 38.5 Å². The molecule has 3 fully saturated rings. The molecule has 2 saturated carbocycles. The van der Waals surface area contributed by atoms with Gasteiger partial charge in [-0.05, 0) is 37.5 Å². The highest BCUT2D eigenvalue weighted by Crippen LogP contribution is 2.48. The van der Waals surface area contributed by atoms with Crippen LogP contribution < -0.4 is 0 Å². The number of hydrogen-bond acceptors (Lipinski definition) is 4. The minimum atomic E-state index is -0.0346. The highest BCUT2D eigenvalue weighted by molar-refractivity contribution is 5.81. The summed E-state index contributed by atoms with van der Waals surface area (Å²) in [6, 6.07) is 0. The maximum Gasteiger partial charge on any atom is 0.157 e. The van der Waals surface area contributed by atoms with Gasteiger partial charge in [0.1, 0.15) is 5.78 Å². The van der Waals surface area contributed by atoms with E-state index in [0.29, 0.717) is 30.1 Å². The number of ketones is 1. The topological polar surface area (TPSA) is 44.8 Å². The summed E-state index contributed by atoms with van der Waals surface area (Å²) in [5.41, 5.74) is 0. The molecule has 4 nitrogen and oxygen atoms in total. The van der Waals surface area contributed by atoms with Gasteiger partial charge in [-0.1, -0.05) is 0 Å². The average Bonchev–Trinajstić information content (AvgIpc) is 2.90. The van der Waals surface area contributed by atoms with Crippen LogP contribution in [0.2, 0.25) is 0 Å². The monoisotopic (exact) mass is 268 g/mol. The van der Waals surface area contributed by atoms with Crippen LogP contribution in [-0.4, -0.2) is 38.5 Å². The van der Waals surface area contributed by atoms with Gasteiger partial charge in [0.25, 0.3) is 0 Å². The van der Waals surface area contributed by atoms with Gasteiger partial charge in [0, 0.05) is 32.5 Å². The lowest BCUT2D eigenvalue weighted by Crippen LogP contribution is -2.33. The van der Waals surface area contributed by atoms with E-state index in [1.54, 1.807) is 7.11 Å². The van der Waals surface area contributed by atoms with Crippen molar-refractivity contribution in [1.82, 2.24) is 0 Å². The van der Waals surface area contributed by atoms with Gasteiger partial charge in [0.2, 0.25) is 0 Å².